The molecule has 18 heavy (non-hydrogen) atoms. The molecular formula is C12H10BrNO3S. The molecule has 0 saturated carbocycles. The van der Waals surface area contributed by atoms with E-state index in [1.54, 1.807) is 0 Å². The van der Waals surface area contributed by atoms with E-state index >= 15 is 0 Å². The second-order valence-electron chi connectivity index (χ2n) is 3.62. The monoisotopic (exact) mass is 327 g/mol. The molecule has 0 fully saturated rings. The highest BCUT2D eigenvalue weighted by Crippen LogP contribution is 2.23. The Balaban J connectivity index is 2.05. The molecule has 0 unspecified atom stereocenters. The Morgan fingerprint density at radius 2 is 2.11 bits per heavy atom. The predicted octanol–water partition coefficient (Wildman–Crippen LogP) is 2.85. The number of halogens is 1. The molecule has 94 valence electrons. The van der Waals surface area contributed by atoms with Gasteiger partial charge in [-0.05, 0) is 40.2 Å². The minimum atomic E-state index is -0.423. The van der Waals surface area contributed by atoms with Gasteiger partial charge in [-0.3, -0.25) is 4.79 Å². The van der Waals surface area contributed by atoms with E-state index in [9.17, 15) is 15.0 Å². The van der Waals surface area contributed by atoms with Gasteiger partial charge >= 0.3 is 0 Å². The third-order valence-electron chi connectivity index (χ3n) is 2.27. The first kappa shape index (κ1) is 12.9. The lowest BCUT2D eigenvalue weighted by molar-refractivity contribution is 0.0948. The Hall–Kier alpha value is -1.53. The second-order valence-corrected chi connectivity index (χ2v) is 5.53. The van der Waals surface area contributed by atoms with E-state index in [1.807, 2.05) is 11.4 Å². The van der Waals surface area contributed by atoms with Crippen molar-refractivity contribution in [3.05, 3.63) is 44.6 Å². The molecule has 2 aromatic rings. The van der Waals surface area contributed by atoms with Crippen LogP contribution in [0.25, 0.3) is 0 Å². The fourth-order valence-electron chi connectivity index (χ4n) is 1.42. The summed E-state index contributed by atoms with van der Waals surface area (Å²) in [7, 11) is 0. The van der Waals surface area contributed by atoms with E-state index < -0.39 is 5.91 Å². The van der Waals surface area contributed by atoms with Gasteiger partial charge < -0.3 is 15.5 Å². The van der Waals surface area contributed by atoms with Crippen LogP contribution in [0.1, 0.15) is 15.2 Å². The quantitative estimate of drug-likeness (QED) is 0.759. The van der Waals surface area contributed by atoms with Gasteiger partial charge in [0.1, 0.15) is 11.5 Å². The number of nitrogens with one attached hydrogen (secondary N) is 1. The fourth-order valence-corrected chi connectivity index (χ4v) is 2.81. The van der Waals surface area contributed by atoms with Gasteiger partial charge in [0, 0.05) is 14.7 Å². The average Bonchev–Trinajstić information content (AvgIpc) is 2.75. The summed E-state index contributed by atoms with van der Waals surface area (Å²) in [4.78, 5) is 12.8. The van der Waals surface area contributed by atoms with E-state index in [0.717, 1.165) is 9.35 Å². The molecule has 1 aromatic heterocycles. The Bertz CT molecular complexity index is 582. The van der Waals surface area contributed by atoms with Crippen molar-refractivity contribution in [3.8, 4) is 11.5 Å². The lowest BCUT2D eigenvalue weighted by Crippen LogP contribution is -2.22. The largest absolute Gasteiger partial charge is 0.508 e. The maximum atomic E-state index is 11.8. The van der Waals surface area contributed by atoms with Crippen molar-refractivity contribution in [2.24, 2.45) is 0 Å². The highest BCUT2D eigenvalue weighted by molar-refractivity contribution is 9.10. The molecule has 4 nitrogen and oxygen atoms in total. The zero-order valence-corrected chi connectivity index (χ0v) is 11.6. The van der Waals surface area contributed by atoms with Crippen molar-refractivity contribution in [1.82, 2.24) is 5.32 Å². The number of amides is 1. The number of phenolic OH excluding ortho intramolecular Hbond substituents is 2. The van der Waals surface area contributed by atoms with Gasteiger partial charge in [-0.25, -0.2) is 0 Å². The summed E-state index contributed by atoms with van der Waals surface area (Å²) in [5, 5.41) is 23.4. The Labute approximate surface area is 116 Å². The van der Waals surface area contributed by atoms with Crippen molar-refractivity contribution >= 4 is 33.2 Å². The highest BCUT2D eigenvalue weighted by atomic mass is 79.9. The normalized spacial score (nSPS) is 10.3. The number of hydrogen-bond donors (Lipinski definition) is 3. The topological polar surface area (TPSA) is 69.6 Å². The summed E-state index contributed by atoms with van der Waals surface area (Å²) in [5.74, 6) is -0.637. The van der Waals surface area contributed by atoms with Crippen molar-refractivity contribution in [1.29, 1.82) is 0 Å². The molecular weight excluding hydrogens is 318 g/mol. The Morgan fingerprint density at radius 1 is 1.33 bits per heavy atom. The predicted molar refractivity (Wildman–Crippen MR) is 73.0 cm³/mol. The summed E-state index contributed by atoms with van der Waals surface area (Å²) in [6.45, 7) is 0.379. The highest BCUT2D eigenvalue weighted by Gasteiger charge is 2.11. The van der Waals surface area contributed by atoms with Crippen molar-refractivity contribution in [3.63, 3.8) is 0 Å². The molecule has 1 heterocycles. The third-order valence-corrected chi connectivity index (χ3v) is 3.97. The van der Waals surface area contributed by atoms with Gasteiger partial charge in [0.15, 0.2) is 0 Å². The van der Waals surface area contributed by atoms with Crippen LogP contribution < -0.4 is 5.32 Å². The molecule has 0 aliphatic rings. The van der Waals surface area contributed by atoms with Crippen LogP contribution in [0.5, 0.6) is 11.5 Å². The van der Waals surface area contributed by atoms with Gasteiger partial charge in [-0.15, -0.1) is 11.3 Å². The summed E-state index contributed by atoms with van der Waals surface area (Å²) in [6, 6.07) is 5.75. The Morgan fingerprint density at radius 3 is 2.78 bits per heavy atom. The summed E-state index contributed by atoms with van der Waals surface area (Å²) in [6.07, 6.45) is 0. The van der Waals surface area contributed by atoms with Crippen LogP contribution in [0.3, 0.4) is 0 Å². The van der Waals surface area contributed by atoms with Crippen LogP contribution in [0.15, 0.2) is 34.1 Å². The van der Waals surface area contributed by atoms with Gasteiger partial charge in [0.2, 0.25) is 0 Å². The van der Waals surface area contributed by atoms with Crippen LogP contribution in [-0.2, 0) is 6.54 Å². The summed E-state index contributed by atoms with van der Waals surface area (Å²) >= 11 is 4.85. The average molecular weight is 328 g/mol. The number of phenols is 2. The fraction of sp³-hybridized carbons (Fsp3) is 0.0833. The minimum absolute atomic E-state index is 0.0585. The molecule has 0 saturated heterocycles. The first-order chi connectivity index (χ1) is 8.56. The summed E-state index contributed by atoms with van der Waals surface area (Å²) < 4.78 is 0.969. The van der Waals surface area contributed by atoms with Crippen LogP contribution >= 0.6 is 27.3 Å². The maximum Gasteiger partial charge on any atom is 0.255 e. The lowest BCUT2D eigenvalue weighted by atomic mass is 10.2. The molecule has 0 aliphatic heterocycles. The van der Waals surface area contributed by atoms with E-state index in [2.05, 4.69) is 21.2 Å². The van der Waals surface area contributed by atoms with E-state index in [4.69, 9.17) is 0 Å². The number of carbonyl (C=O) groups excluding carboxylic acids is 1. The molecule has 1 amide bonds. The van der Waals surface area contributed by atoms with Gasteiger partial charge in [-0.1, -0.05) is 0 Å². The second kappa shape index (κ2) is 5.41. The first-order valence-electron chi connectivity index (χ1n) is 5.09. The molecule has 0 bridgehead atoms. The SMILES string of the molecule is O=C(NCc1cc(Br)cs1)c1cc(O)ccc1O. The molecule has 0 radical (unpaired) electrons. The van der Waals surface area contributed by atoms with E-state index in [1.165, 1.54) is 29.5 Å². The third kappa shape index (κ3) is 3.02. The maximum absolute atomic E-state index is 11.8. The lowest BCUT2D eigenvalue weighted by Gasteiger charge is -2.06. The van der Waals surface area contributed by atoms with E-state index in [0.29, 0.717) is 6.54 Å². The van der Waals surface area contributed by atoms with Crippen LogP contribution in [0.4, 0.5) is 0 Å². The first-order valence-corrected chi connectivity index (χ1v) is 6.76. The molecule has 0 spiro atoms. The minimum Gasteiger partial charge on any atom is -0.508 e. The van der Waals surface area contributed by atoms with Gasteiger partial charge in [0.05, 0.1) is 12.1 Å². The number of hydrogen-bond acceptors (Lipinski definition) is 4. The zero-order valence-electron chi connectivity index (χ0n) is 9.18. The van der Waals surface area contributed by atoms with Gasteiger partial charge in [0.25, 0.3) is 5.91 Å². The van der Waals surface area contributed by atoms with E-state index in [-0.39, 0.29) is 17.1 Å². The van der Waals surface area contributed by atoms with Crippen LogP contribution in [0.2, 0.25) is 0 Å². The molecule has 0 aliphatic carbocycles. The smallest absolute Gasteiger partial charge is 0.255 e. The molecule has 1 aromatic carbocycles. The number of benzene rings is 1. The Kier molecular flexibility index (Phi) is 3.88. The van der Waals surface area contributed by atoms with Crippen LogP contribution in [-0.4, -0.2) is 16.1 Å². The number of rotatable bonds is 3. The molecule has 6 heteroatoms. The molecule has 3 N–H and O–H groups in total. The van der Waals surface area contributed by atoms with Crippen molar-refractivity contribution < 1.29 is 15.0 Å². The summed E-state index contributed by atoms with van der Waals surface area (Å²) in [5.41, 5.74) is 0.0608. The standard InChI is InChI=1S/C12H10BrNO3S/c13-7-3-9(18-6-7)5-14-12(17)10-4-8(15)1-2-11(10)16/h1-4,6,15-16H,5H2,(H,14,17). The number of carbonyl (C=O) groups is 1. The van der Waals surface area contributed by atoms with Crippen LogP contribution in [0, 0.1) is 0 Å². The zero-order chi connectivity index (χ0) is 13.1. The van der Waals surface area contributed by atoms with Crippen molar-refractivity contribution in [2.75, 3.05) is 0 Å². The van der Waals surface area contributed by atoms with Crippen molar-refractivity contribution in [2.45, 2.75) is 6.54 Å². The molecule has 0 atom stereocenters. The van der Waals surface area contributed by atoms with Gasteiger partial charge in [-0.2, -0.15) is 0 Å². The molecule has 2 rings (SSSR count). The number of thiophene rings is 1. The number of aromatic hydroxyl groups is 2.